The predicted octanol–water partition coefficient (Wildman–Crippen LogP) is 3.19. The molecule has 0 aliphatic carbocycles. The van der Waals surface area contributed by atoms with Crippen LogP contribution in [0.15, 0.2) is 53.9 Å². The summed E-state index contributed by atoms with van der Waals surface area (Å²) < 4.78 is 2.06. The Hall–Kier alpha value is -2.60. The van der Waals surface area contributed by atoms with Crippen LogP contribution < -0.4 is 0 Å². The van der Waals surface area contributed by atoms with Crippen LogP contribution >= 0.6 is 12.2 Å². The molecule has 6 heteroatoms. The summed E-state index contributed by atoms with van der Waals surface area (Å²) in [4.78, 5) is 4.05. The second-order valence-electron chi connectivity index (χ2n) is 4.56. The highest BCUT2D eigenvalue weighted by molar-refractivity contribution is 7.71. The molecule has 2 aromatic heterocycles. The molecular weight excluding hydrogens is 282 g/mol. The molecule has 0 unspecified atom stereocenters. The van der Waals surface area contributed by atoms with E-state index in [1.54, 1.807) is 23.3 Å². The average Bonchev–Trinajstić information content (AvgIpc) is 2.87. The maximum atomic E-state index is 5.24. The Morgan fingerprint density at radius 1 is 1.29 bits per heavy atom. The number of H-pyrrole nitrogens is 1. The van der Waals surface area contributed by atoms with Gasteiger partial charge < -0.3 is 0 Å². The molecule has 0 aliphatic heterocycles. The monoisotopic (exact) mass is 295 g/mol. The van der Waals surface area contributed by atoms with Crippen LogP contribution in [0, 0.1) is 11.7 Å². The molecule has 0 aliphatic rings. The number of aromatic amines is 1. The topological polar surface area (TPSA) is 58.9 Å². The standard InChI is InChI=1S/C15H13N5S/c1-11-4-2-6-13(8-11)14-18-19-15(21)20(14)17-10-12-5-3-7-16-9-12/h2-10H,1H3,(H,19,21)/b17-10+. The fourth-order valence-corrected chi connectivity index (χ4v) is 2.13. The number of benzene rings is 1. The fraction of sp³-hybridized carbons (Fsp3) is 0.0667. The number of aryl methyl sites for hydroxylation is 1. The zero-order chi connectivity index (χ0) is 14.7. The Morgan fingerprint density at radius 3 is 2.95 bits per heavy atom. The third-order valence-electron chi connectivity index (χ3n) is 2.93. The first-order valence-electron chi connectivity index (χ1n) is 6.43. The number of rotatable bonds is 3. The van der Waals surface area contributed by atoms with Crippen molar-refractivity contribution in [1.29, 1.82) is 0 Å². The van der Waals surface area contributed by atoms with Crippen molar-refractivity contribution in [3.63, 3.8) is 0 Å². The van der Waals surface area contributed by atoms with Crippen LogP contribution in [-0.4, -0.2) is 26.1 Å². The quantitative estimate of drug-likeness (QED) is 0.596. The van der Waals surface area contributed by atoms with Crippen molar-refractivity contribution in [3.05, 3.63) is 64.7 Å². The molecule has 0 radical (unpaired) electrons. The molecule has 1 N–H and O–H groups in total. The molecule has 21 heavy (non-hydrogen) atoms. The Labute approximate surface area is 127 Å². The molecule has 0 saturated carbocycles. The van der Waals surface area contributed by atoms with E-state index in [4.69, 9.17) is 12.2 Å². The summed E-state index contributed by atoms with van der Waals surface area (Å²) in [5.41, 5.74) is 3.02. The van der Waals surface area contributed by atoms with Crippen molar-refractivity contribution < 1.29 is 0 Å². The highest BCUT2D eigenvalue weighted by Gasteiger charge is 2.07. The van der Waals surface area contributed by atoms with Crippen molar-refractivity contribution in [1.82, 2.24) is 19.9 Å². The van der Waals surface area contributed by atoms with E-state index in [0.717, 1.165) is 16.7 Å². The highest BCUT2D eigenvalue weighted by atomic mass is 32.1. The van der Waals surface area contributed by atoms with Gasteiger partial charge in [0, 0.05) is 23.5 Å². The van der Waals surface area contributed by atoms with Gasteiger partial charge in [0.2, 0.25) is 4.77 Å². The zero-order valence-corrected chi connectivity index (χ0v) is 12.2. The van der Waals surface area contributed by atoms with Gasteiger partial charge in [-0.05, 0) is 31.3 Å². The lowest BCUT2D eigenvalue weighted by molar-refractivity contribution is 0.871. The van der Waals surface area contributed by atoms with Crippen LogP contribution in [-0.2, 0) is 0 Å². The van der Waals surface area contributed by atoms with Gasteiger partial charge in [-0.25, -0.2) is 5.10 Å². The third kappa shape index (κ3) is 2.95. The molecule has 0 fully saturated rings. The average molecular weight is 295 g/mol. The van der Waals surface area contributed by atoms with Gasteiger partial charge in [0.25, 0.3) is 0 Å². The van der Waals surface area contributed by atoms with Gasteiger partial charge in [-0.3, -0.25) is 4.98 Å². The van der Waals surface area contributed by atoms with Crippen LogP contribution in [0.3, 0.4) is 0 Å². The summed E-state index contributed by atoms with van der Waals surface area (Å²) in [5.74, 6) is 0.684. The largest absolute Gasteiger partial charge is 0.264 e. The summed E-state index contributed by atoms with van der Waals surface area (Å²) in [6.45, 7) is 2.04. The first-order valence-corrected chi connectivity index (χ1v) is 6.84. The Bertz CT molecular complexity index is 833. The number of nitrogens with zero attached hydrogens (tertiary/aromatic N) is 4. The minimum absolute atomic E-state index is 0.451. The molecule has 3 aromatic rings. The molecular formula is C15H13N5S. The normalized spacial score (nSPS) is 11.1. The van der Waals surface area contributed by atoms with Crippen LogP contribution in [0.2, 0.25) is 0 Å². The molecule has 0 spiro atoms. The highest BCUT2D eigenvalue weighted by Crippen LogP contribution is 2.18. The van der Waals surface area contributed by atoms with Crippen molar-refractivity contribution in [2.45, 2.75) is 6.92 Å². The molecule has 5 nitrogen and oxygen atoms in total. The van der Waals surface area contributed by atoms with Crippen LogP contribution in [0.5, 0.6) is 0 Å². The summed E-state index contributed by atoms with van der Waals surface area (Å²) in [6, 6.07) is 11.8. The molecule has 104 valence electrons. The van der Waals surface area contributed by atoms with Crippen molar-refractivity contribution in [3.8, 4) is 11.4 Å². The van der Waals surface area contributed by atoms with Crippen LogP contribution in [0.1, 0.15) is 11.1 Å². The number of hydrogen-bond donors (Lipinski definition) is 1. The number of aromatic nitrogens is 4. The van der Waals surface area contributed by atoms with Crippen molar-refractivity contribution in [2.24, 2.45) is 5.10 Å². The second kappa shape index (κ2) is 5.80. The van der Waals surface area contributed by atoms with Gasteiger partial charge in [0.05, 0.1) is 6.21 Å². The van der Waals surface area contributed by atoms with E-state index in [1.165, 1.54) is 0 Å². The molecule has 3 rings (SSSR count). The van der Waals surface area contributed by atoms with Crippen LogP contribution in [0.25, 0.3) is 11.4 Å². The SMILES string of the molecule is Cc1cccc(-c2n[nH]c(=S)n2/N=C/c2cccnc2)c1. The molecule has 0 amide bonds. The van der Waals surface area contributed by atoms with Gasteiger partial charge in [-0.15, -0.1) is 0 Å². The summed E-state index contributed by atoms with van der Waals surface area (Å²) >= 11 is 5.24. The van der Waals surface area contributed by atoms with E-state index in [9.17, 15) is 0 Å². The van der Waals surface area contributed by atoms with Gasteiger partial charge in [0.1, 0.15) is 0 Å². The maximum Gasteiger partial charge on any atom is 0.216 e. The second-order valence-corrected chi connectivity index (χ2v) is 4.95. The van der Waals surface area contributed by atoms with Gasteiger partial charge in [-0.2, -0.15) is 14.9 Å². The summed E-state index contributed by atoms with van der Waals surface area (Å²) in [6.07, 6.45) is 5.16. The van der Waals surface area contributed by atoms with E-state index in [0.29, 0.717) is 10.6 Å². The maximum absolute atomic E-state index is 5.24. The number of nitrogens with one attached hydrogen (secondary N) is 1. The molecule has 2 heterocycles. The van der Waals surface area contributed by atoms with E-state index >= 15 is 0 Å². The Morgan fingerprint density at radius 2 is 2.19 bits per heavy atom. The van der Waals surface area contributed by atoms with E-state index < -0.39 is 0 Å². The van der Waals surface area contributed by atoms with Crippen molar-refractivity contribution in [2.75, 3.05) is 0 Å². The Kier molecular flexibility index (Phi) is 3.70. The molecule has 0 saturated heterocycles. The number of hydrogen-bond acceptors (Lipinski definition) is 4. The summed E-state index contributed by atoms with van der Waals surface area (Å²) in [7, 11) is 0. The lowest BCUT2D eigenvalue weighted by Gasteiger charge is -2.02. The minimum atomic E-state index is 0.451. The first kappa shape index (κ1) is 13.4. The summed E-state index contributed by atoms with van der Waals surface area (Å²) in [5, 5.41) is 11.4. The number of pyridine rings is 1. The van der Waals surface area contributed by atoms with E-state index in [1.807, 2.05) is 43.3 Å². The van der Waals surface area contributed by atoms with Crippen molar-refractivity contribution >= 4 is 18.4 Å². The van der Waals surface area contributed by atoms with Gasteiger partial charge in [0.15, 0.2) is 5.82 Å². The lowest BCUT2D eigenvalue weighted by atomic mass is 10.1. The molecule has 0 atom stereocenters. The Balaban J connectivity index is 2.02. The molecule has 1 aromatic carbocycles. The fourth-order valence-electron chi connectivity index (χ4n) is 1.95. The van der Waals surface area contributed by atoms with E-state index in [2.05, 4.69) is 20.3 Å². The smallest absolute Gasteiger partial charge is 0.216 e. The van der Waals surface area contributed by atoms with Gasteiger partial charge >= 0.3 is 0 Å². The van der Waals surface area contributed by atoms with Gasteiger partial charge in [-0.1, -0.05) is 29.8 Å². The first-order chi connectivity index (χ1) is 10.2. The predicted molar refractivity (Wildman–Crippen MR) is 84.8 cm³/mol. The lowest BCUT2D eigenvalue weighted by Crippen LogP contribution is -1.95. The molecule has 0 bridgehead atoms. The third-order valence-corrected chi connectivity index (χ3v) is 3.20. The van der Waals surface area contributed by atoms with Crippen LogP contribution in [0.4, 0.5) is 0 Å². The zero-order valence-electron chi connectivity index (χ0n) is 11.4. The van der Waals surface area contributed by atoms with E-state index in [-0.39, 0.29) is 0 Å². The minimum Gasteiger partial charge on any atom is -0.264 e.